The number of carbonyl (C=O) groups excluding carboxylic acids is 1. The number of amides is 1. The maximum absolute atomic E-state index is 13.0. The molecule has 0 aliphatic heterocycles. The Hall–Kier alpha value is -3.82. The first-order chi connectivity index (χ1) is 14.7. The van der Waals surface area contributed by atoms with E-state index in [4.69, 9.17) is 10.5 Å². The third-order valence-corrected chi connectivity index (χ3v) is 4.99. The van der Waals surface area contributed by atoms with Gasteiger partial charge in [-0.3, -0.25) is 9.20 Å². The first-order valence-corrected chi connectivity index (χ1v) is 9.20. The molecule has 2 aromatic heterocycles. The van der Waals surface area contributed by atoms with Crippen molar-refractivity contribution in [2.75, 3.05) is 19.9 Å². The third-order valence-electron chi connectivity index (χ3n) is 4.99. The number of nitrogens with zero attached hydrogens (tertiary/aromatic N) is 4. The largest absolute Gasteiger partial charge is 0.496 e. The summed E-state index contributed by atoms with van der Waals surface area (Å²) in [7, 11) is 2.86. The minimum atomic E-state index is -4.48. The van der Waals surface area contributed by atoms with Gasteiger partial charge in [-0.1, -0.05) is 6.07 Å². The highest BCUT2D eigenvalue weighted by atomic mass is 19.4. The molecule has 0 aliphatic rings. The molecule has 0 spiro atoms. The van der Waals surface area contributed by atoms with Crippen LogP contribution in [0.15, 0.2) is 48.9 Å². The van der Waals surface area contributed by atoms with Crippen molar-refractivity contribution < 1.29 is 22.7 Å². The monoisotopic (exact) mass is 429 g/mol. The Balaban J connectivity index is 1.64. The SMILES string of the molecule is COc1cc(C(F)(F)F)ccc1CN(C)C(=O)c1ccc2nc(N)c3cncn3c2c1. The number of benzene rings is 2. The van der Waals surface area contributed by atoms with Crippen LogP contribution in [0.5, 0.6) is 5.75 Å². The van der Waals surface area contributed by atoms with E-state index in [1.807, 2.05) is 0 Å². The second-order valence-corrected chi connectivity index (χ2v) is 7.04. The Morgan fingerprint density at radius 1 is 1.19 bits per heavy atom. The second kappa shape index (κ2) is 7.46. The van der Waals surface area contributed by atoms with Crippen molar-refractivity contribution in [2.24, 2.45) is 0 Å². The fourth-order valence-corrected chi connectivity index (χ4v) is 3.41. The van der Waals surface area contributed by atoms with Crippen LogP contribution in [0.1, 0.15) is 21.5 Å². The number of imidazole rings is 1. The van der Waals surface area contributed by atoms with Gasteiger partial charge < -0.3 is 15.4 Å². The number of hydrogen-bond acceptors (Lipinski definition) is 5. The summed E-state index contributed by atoms with van der Waals surface area (Å²) in [5, 5.41) is 0. The molecule has 0 aliphatic carbocycles. The van der Waals surface area contributed by atoms with E-state index in [9.17, 15) is 18.0 Å². The Labute approximate surface area is 174 Å². The van der Waals surface area contributed by atoms with Gasteiger partial charge in [-0.15, -0.1) is 0 Å². The highest BCUT2D eigenvalue weighted by Gasteiger charge is 2.31. The van der Waals surface area contributed by atoms with Crippen LogP contribution in [-0.2, 0) is 12.7 Å². The zero-order valence-corrected chi connectivity index (χ0v) is 16.6. The van der Waals surface area contributed by atoms with E-state index in [1.165, 1.54) is 18.1 Å². The lowest BCUT2D eigenvalue weighted by molar-refractivity contribution is -0.137. The molecule has 7 nitrogen and oxygen atoms in total. The van der Waals surface area contributed by atoms with E-state index >= 15 is 0 Å². The molecule has 2 N–H and O–H groups in total. The van der Waals surface area contributed by atoms with E-state index in [0.29, 0.717) is 33.5 Å². The van der Waals surface area contributed by atoms with Gasteiger partial charge in [0.15, 0.2) is 0 Å². The lowest BCUT2D eigenvalue weighted by Crippen LogP contribution is -2.26. The number of nitrogens with two attached hydrogens (primary N) is 1. The molecule has 4 aromatic rings. The summed E-state index contributed by atoms with van der Waals surface area (Å²) in [6.45, 7) is 0.0681. The fraction of sp³-hybridized carbons (Fsp3) is 0.190. The normalized spacial score (nSPS) is 11.8. The zero-order chi connectivity index (χ0) is 22.3. The average Bonchev–Trinajstić information content (AvgIpc) is 3.23. The van der Waals surface area contributed by atoms with Crippen molar-refractivity contribution in [1.82, 2.24) is 19.3 Å². The van der Waals surface area contributed by atoms with Crippen LogP contribution < -0.4 is 10.5 Å². The van der Waals surface area contributed by atoms with Gasteiger partial charge in [-0.2, -0.15) is 13.2 Å². The number of alkyl halides is 3. The van der Waals surface area contributed by atoms with Crippen molar-refractivity contribution in [3.63, 3.8) is 0 Å². The number of carbonyl (C=O) groups is 1. The lowest BCUT2D eigenvalue weighted by Gasteiger charge is -2.20. The van der Waals surface area contributed by atoms with E-state index < -0.39 is 11.7 Å². The third kappa shape index (κ3) is 3.72. The zero-order valence-electron chi connectivity index (χ0n) is 16.6. The maximum Gasteiger partial charge on any atom is 0.416 e. The molecule has 2 aromatic carbocycles. The summed E-state index contributed by atoms with van der Waals surface area (Å²) in [5.74, 6) is 0.0809. The van der Waals surface area contributed by atoms with Gasteiger partial charge in [0.2, 0.25) is 0 Å². The van der Waals surface area contributed by atoms with E-state index in [1.54, 1.807) is 42.2 Å². The highest BCUT2D eigenvalue weighted by Crippen LogP contribution is 2.33. The van der Waals surface area contributed by atoms with Crippen LogP contribution in [-0.4, -0.2) is 39.3 Å². The van der Waals surface area contributed by atoms with Gasteiger partial charge in [0.05, 0.1) is 36.2 Å². The van der Waals surface area contributed by atoms with Crippen molar-refractivity contribution in [2.45, 2.75) is 12.7 Å². The standard InChI is InChI=1S/C21H18F3N5O2/c1-28(10-13-3-5-14(21(22,23)24)8-18(13)31-2)20(30)12-4-6-15-16(7-12)29-11-26-9-17(29)19(25)27-15/h3-9,11H,10H2,1-2H3,(H2,25,27). The maximum atomic E-state index is 13.0. The lowest BCUT2D eigenvalue weighted by atomic mass is 10.1. The molecule has 160 valence electrons. The number of aromatic nitrogens is 3. The first-order valence-electron chi connectivity index (χ1n) is 9.20. The predicted octanol–water partition coefficient (Wildman–Crippen LogP) is 3.76. The van der Waals surface area contributed by atoms with Gasteiger partial charge in [0, 0.05) is 24.7 Å². The molecule has 0 atom stereocenters. The number of rotatable bonds is 4. The molecule has 10 heteroatoms. The molecule has 2 heterocycles. The molecule has 31 heavy (non-hydrogen) atoms. The molecule has 0 radical (unpaired) electrons. The molecule has 1 amide bonds. The Bertz CT molecular complexity index is 1300. The molecular weight excluding hydrogens is 411 g/mol. The molecule has 0 unspecified atom stereocenters. The summed E-state index contributed by atoms with van der Waals surface area (Å²) < 4.78 is 45.7. The smallest absolute Gasteiger partial charge is 0.416 e. The molecule has 0 bridgehead atoms. The average molecular weight is 429 g/mol. The summed E-state index contributed by atoms with van der Waals surface area (Å²) in [4.78, 5) is 22.8. The first kappa shape index (κ1) is 20.5. The van der Waals surface area contributed by atoms with E-state index in [2.05, 4.69) is 9.97 Å². The van der Waals surface area contributed by atoms with Crippen molar-refractivity contribution in [3.05, 3.63) is 65.6 Å². The molecule has 0 fully saturated rings. The van der Waals surface area contributed by atoms with Gasteiger partial charge in [-0.05, 0) is 30.3 Å². The molecular formula is C21H18F3N5O2. The highest BCUT2D eigenvalue weighted by molar-refractivity contribution is 5.98. The van der Waals surface area contributed by atoms with Crippen molar-refractivity contribution in [3.8, 4) is 5.75 Å². The van der Waals surface area contributed by atoms with Crippen LogP contribution in [0.2, 0.25) is 0 Å². The van der Waals surface area contributed by atoms with Crippen LogP contribution in [0.4, 0.5) is 19.0 Å². The van der Waals surface area contributed by atoms with Crippen molar-refractivity contribution in [1.29, 1.82) is 0 Å². The van der Waals surface area contributed by atoms with Gasteiger partial charge in [0.25, 0.3) is 5.91 Å². The molecule has 4 rings (SSSR count). The molecule has 0 saturated heterocycles. The summed E-state index contributed by atoms with van der Waals surface area (Å²) >= 11 is 0. The number of fused-ring (bicyclic) bond motifs is 3. The number of halogens is 3. The summed E-state index contributed by atoms with van der Waals surface area (Å²) in [6, 6.07) is 8.20. The number of ether oxygens (including phenoxy) is 1. The minimum Gasteiger partial charge on any atom is -0.496 e. The van der Waals surface area contributed by atoms with Crippen molar-refractivity contribution >= 4 is 28.3 Å². The topological polar surface area (TPSA) is 85.8 Å². The summed E-state index contributed by atoms with van der Waals surface area (Å²) in [6.07, 6.45) is -1.31. The van der Waals surface area contributed by atoms with Crippen LogP contribution in [0.25, 0.3) is 16.6 Å². The number of hydrogen-bond donors (Lipinski definition) is 1. The number of anilines is 1. The number of nitrogen functional groups attached to an aromatic ring is 1. The summed E-state index contributed by atoms with van der Waals surface area (Å²) in [5.41, 5.74) is 7.86. The van der Waals surface area contributed by atoms with Gasteiger partial charge in [-0.25, -0.2) is 9.97 Å². The van der Waals surface area contributed by atoms with Gasteiger partial charge in [0.1, 0.15) is 17.1 Å². The minimum absolute atomic E-state index is 0.0628. The fourth-order valence-electron chi connectivity index (χ4n) is 3.41. The molecule has 0 saturated carbocycles. The Kier molecular flexibility index (Phi) is 4.92. The quantitative estimate of drug-likeness (QED) is 0.534. The van der Waals surface area contributed by atoms with Crippen LogP contribution in [0.3, 0.4) is 0 Å². The van der Waals surface area contributed by atoms with Crippen LogP contribution in [0, 0.1) is 0 Å². The predicted molar refractivity (Wildman–Crippen MR) is 109 cm³/mol. The van der Waals surface area contributed by atoms with Gasteiger partial charge >= 0.3 is 6.18 Å². The Morgan fingerprint density at radius 3 is 2.68 bits per heavy atom. The van der Waals surface area contributed by atoms with E-state index in [-0.39, 0.29) is 18.2 Å². The second-order valence-electron chi connectivity index (χ2n) is 7.04. The van der Waals surface area contributed by atoms with E-state index in [0.717, 1.165) is 12.1 Å². The Morgan fingerprint density at radius 2 is 1.97 bits per heavy atom. The van der Waals surface area contributed by atoms with Crippen LogP contribution >= 0.6 is 0 Å². The number of methoxy groups -OCH3 is 1.